The smallest absolute Gasteiger partial charge is 0.244 e. The van der Waals surface area contributed by atoms with Crippen LogP contribution < -0.4 is 11.1 Å². The average Bonchev–Trinajstić information content (AvgIpc) is 2.47. The van der Waals surface area contributed by atoms with E-state index in [1.807, 2.05) is 39.0 Å². The zero-order chi connectivity index (χ0) is 16.9. The van der Waals surface area contributed by atoms with Crippen molar-refractivity contribution in [3.63, 3.8) is 0 Å². The Kier molecular flexibility index (Phi) is 6.56. The number of rotatable bonds is 6. The molecule has 5 heteroatoms. The van der Waals surface area contributed by atoms with E-state index in [-0.39, 0.29) is 30.3 Å². The highest BCUT2D eigenvalue weighted by Gasteiger charge is 2.24. The Bertz CT molecular complexity index is 520. The maximum Gasteiger partial charge on any atom is 0.244 e. The zero-order valence-electron chi connectivity index (χ0n) is 14.1. The molecule has 0 bridgehead atoms. The minimum absolute atomic E-state index is 0.0418. The molecular formula is C17H27N3O2. The van der Waals surface area contributed by atoms with Crippen LogP contribution in [0.25, 0.3) is 0 Å². The van der Waals surface area contributed by atoms with Gasteiger partial charge >= 0.3 is 0 Å². The summed E-state index contributed by atoms with van der Waals surface area (Å²) in [6.07, 6.45) is 0. The Morgan fingerprint density at radius 1 is 1.23 bits per heavy atom. The monoisotopic (exact) mass is 305 g/mol. The van der Waals surface area contributed by atoms with E-state index in [4.69, 9.17) is 5.73 Å². The maximum absolute atomic E-state index is 12.3. The van der Waals surface area contributed by atoms with Gasteiger partial charge in [-0.05, 0) is 38.8 Å². The number of nitrogens with zero attached hydrogens (tertiary/aromatic N) is 1. The van der Waals surface area contributed by atoms with Crippen molar-refractivity contribution >= 4 is 17.5 Å². The van der Waals surface area contributed by atoms with Crippen LogP contribution in [0, 0.1) is 19.8 Å². The van der Waals surface area contributed by atoms with E-state index in [1.165, 1.54) is 4.90 Å². The quantitative estimate of drug-likeness (QED) is 0.845. The molecule has 2 atom stereocenters. The number of nitrogens with two attached hydrogens (primary N) is 1. The number of benzene rings is 1. The topological polar surface area (TPSA) is 75.4 Å². The van der Waals surface area contributed by atoms with Gasteiger partial charge in [-0.3, -0.25) is 9.59 Å². The second-order valence-electron chi connectivity index (χ2n) is 5.82. The van der Waals surface area contributed by atoms with E-state index in [9.17, 15) is 9.59 Å². The summed E-state index contributed by atoms with van der Waals surface area (Å²) in [5.41, 5.74) is 8.60. The number of carbonyl (C=O) groups is 2. The molecule has 1 aromatic rings. The Labute approximate surface area is 132 Å². The molecule has 2 amide bonds. The molecule has 0 fully saturated rings. The number of likely N-dealkylation sites (N-methyl/N-ethyl adjacent to an activating group) is 1. The van der Waals surface area contributed by atoms with Gasteiger partial charge in [0.2, 0.25) is 11.8 Å². The number of carbonyl (C=O) groups excluding carboxylic acids is 2. The molecule has 3 N–H and O–H groups in total. The lowest BCUT2D eigenvalue weighted by atomic mass is 10.0. The normalized spacial score (nSPS) is 13.4. The molecule has 0 radical (unpaired) electrons. The third-order valence-electron chi connectivity index (χ3n) is 3.95. The van der Waals surface area contributed by atoms with Gasteiger partial charge in [-0.1, -0.05) is 25.1 Å². The van der Waals surface area contributed by atoms with Gasteiger partial charge in [0.15, 0.2) is 0 Å². The number of aryl methyl sites for hydroxylation is 2. The summed E-state index contributed by atoms with van der Waals surface area (Å²) in [6, 6.07) is 5.61. The number of hydrogen-bond donors (Lipinski definition) is 2. The van der Waals surface area contributed by atoms with Gasteiger partial charge in [0.05, 0.1) is 12.5 Å². The van der Waals surface area contributed by atoms with Crippen molar-refractivity contribution in [1.29, 1.82) is 0 Å². The van der Waals surface area contributed by atoms with Crippen molar-refractivity contribution < 1.29 is 9.59 Å². The molecule has 1 rings (SSSR count). The number of nitrogens with one attached hydrogen (secondary N) is 1. The highest BCUT2D eigenvalue weighted by atomic mass is 16.2. The Balaban J connectivity index is 2.76. The van der Waals surface area contributed by atoms with Gasteiger partial charge in [0.1, 0.15) is 0 Å². The molecule has 0 aromatic heterocycles. The van der Waals surface area contributed by atoms with Gasteiger partial charge in [-0.15, -0.1) is 0 Å². The first-order chi connectivity index (χ1) is 10.3. The van der Waals surface area contributed by atoms with Crippen molar-refractivity contribution in [1.82, 2.24) is 4.90 Å². The largest absolute Gasteiger partial charge is 0.333 e. The molecule has 1 aromatic carbocycles. The van der Waals surface area contributed by atoms with Crippen molar-refractivity contribution in [2.24, 2.45) is 11.7 Å². The molecule has 0 spiro atoms. The van der Waals surface area contributed by atoms with Crippen LogP contribution in [0.1, 0.15) is 31.9 Å². The van der Waals surface area contributed by atoms with Crippen LogP contribution >= 0.6 is 0 Å². The highest BCUT2D eigenvalue weighted by molar-refractivity contribution is 5.96. The van der Waals surface area contributed by atoms with Crippen LogP contribution in [-0.4, -0.2) is 35.8 Å². The van der Waals surface area contributed by atoms with Gasteiger partial charge in [-0.25, -0.2) is 0 Å². The molecule has 22 heavy (non-hydrogen) atoms. The predicted molar refractivity (Wildman–Crippen MR) is 89.6 cm³/mol. The van der Waals surface area contributed by atoms with Crippen molar-refractivity contribution in [3.05, 3.63) is 29.3 Å². The Morgan fingerprint density at radius 2 is 1.77 bits per heavy atom. The number of hydrogen-bond acceptors (Lipinski definition) is 3. The first-order valence-corrected chi connectivity index (χ1v) is 7.68. The van der Waals surface area contributed by atoms with E-state index in [1.54, 1.807) is 13.8 Å². The van der Waals surface area contributed by atoms with Crippen molar-refractivity contribution in [3.8, 4) is 0 Å². The minimum Gasteiger partial charge on any atom is -0.333 e. The van der Waals surface area contributed by atoms with E-state index in [0.29, 0.717) is 6.54 Å². The first kappa shape index (κ1) is 18.2. The standard InChI is InChI=1S/C17H27N3O2/c1-6-20(17(22)13(4)14(5)18)10-15(21)19-16-11(2)8-7-9-12(16)3/h7-9,13-14H,6,10,18H2,1-5H3,(H,19,21). The van der Waals surface area contributed by atoms with Crippen LogP contribution in [0.4, 0.5) is 5.69 Å². The second kappa shape index (κ2) is 7.94. The molecule has 122 valence electrons. The molecule has 2 unspecified atom stereocenters. The third kappa shape index (κ3) is 4.56. The lowest BCUT2D eigenvalue weighted by molar-refractivity contribution is -0.138. The predicted octanol–water partition coefficient (Wildman–Crippen LogP) is 2.07. The summed E-state index contributed by atoms with van der Waals surface area (Å²) >= 11 is 0. The van der Waals surface area contributed by atoms with E-state index >= 15 is 0 Å². The Morgan fingerprint density at radius 3 is 2.23 bits per heavy atom. The summed E-state index contributed by atoms with van der Waals surface area (Å²) in [4.78, 5) is 26.1. The molecule has 0 heterocycles. The van der Waals surface area contributed by atoms with Crippen LogP contribution in [0.15, 0.2) is 18.2 Å². The summed E-state index contributed by atoms with van der Waals surface area (Å²) < 4.78 is 0. The minimum atomic E-state index is -0.298. The lowest BCUT2D eigenvalue weighted by Crippen LogP contribution is -2.44. The highest BCUT2D eigenvalue weighted by Crippen LogP contribution is 2.19. The SMILES string of the molecule is CCN(CC(=O)Nc1c(C)cccc1C)C(=O)C(C)C(C)N. The Hall–Kier alpha value is -1.88. The third-order valence-corrected chi connectivity index (χ3v) is 3.95. The molecule has 0 aliphatic heterocycles. The van der Waals surface area contributed by atoms with Gasteiger partial charge in [0.25, 0.3) is 0 Å². The fourth-order valence-electron chi connectivity index (χ4n) is 2.22. The summed E-state index contributed by atoms with van der Waals surface area (Å²) in [7, 11) is 0. The van der Waals surface area contributed by atoms with Crippen LogP contribution in [-0.2, 0) is 9.59 Å². The van der Waals surface area contributed by atoms with Crippen LogP contribution in [0.3, 0.4) is 0 Å². The first-order valence-electron chi connectivity index (χ1n) is 7.68. The van der Waals surface area contributed by atoms with E-state index in [0.717, 1.165) is 16.8 Å². The molecular weight excluding hydrogens is 278 g/mol. The van der Waals surface area contributed by atoms with Gasteiger partial charge in [0, 0.05) is 18.3 Å². The number of amides is 2. The van der Waals surface area contributed by atoms with Gasteiger partial charge in [-0.2, -0.15) is 0 Å². The molecule has 0 saturated carbocycles. The van der Waals surface area contributed by atoms with E-state index in [2.05, 4.69) is 5.32 Å². The lowest BCUT2D eigenvalue weighted by Gasteiger charge is -2.26. The van der Waals surface area contributed by atoms with E-state index < -0.39 is 0 Å². The number of para-hydroxylation sites is 1. The fourth-order valence-corrected chi connectivity index (χ4v) is 2.22. The van der Waals surface area contributed by atoms with Crippen molar-refractivity contribution in [2.75, 3.05) is 18.4 Å². The maximum atomic E-state index is 12.3. The number of anilines is 1. The zero-order valence-corrected chi connectivity index (χ0v) is 14.1. The summed E-state index contributed by atoms with van der Waals surface area (Å²) in [5, 5.41) is 2.90. The van der Waals surface area contributed by atoms with Crippen LogP contribution in [0.2, 0.25) is 0 Å². The van der Waals surface area contributed by atoms with Crippen molar-refractivity contribution in [2.45, 2.75) is 40.7 Å². The molecule has 0 aliphatic rings. The van der Waals surface area contributed by atoms with Crippen LogP contribution in [0.5, 0.6) is 0 Å². The van der Waals surface area contributed by atoms with Gasteiger partial charge < -0.3 is 16.0 Å². The summed E-state index contributed by atoms with van der Waals surface area (Å²) in [6.45, 7) is 9.87. The molecule has 0 saturated heterocycles. The molecule has 0 aliphatic carbocycles. The molecule has 5 nitrogen and oxygen atoms in total. The fraction of sp³-hybridized carbons (Fsp3) is 0.529. The average molecular weight is 305 g/mol. The summed E-state index contributed by atoms with van der Waals surface area (Å²) in [5.74, 6) is -0.577. The second-order valence-corrected chi connectivity index (χ2v) is 5.82.